The van der Waals surface area contributed by atoms with E-state index in [0.29, 0.717) is 5.69 Å². The molecule has 4 atom stereocenters. The summed E-state index contributed by atoms with van der Waals surface area (Å²) in [5, 5.41) is 2.06. The first-order chi connectivity index (χ1) is 14.6. The minimum absolute atomic E-state index is 0.160. The predicted octanol–water partition coefficient (Wildman–Crippen LogP) is 4.75. The maximum Gasteiger partial charge on any atom is 0.242 e. The average molecular weight is 434 g/mol. The van der Waals surface area contributed by atoms with E-state index in [-0.39, 0.29) is 11.8 Å². The second kappa shape index (κ2) is 6.30. The van der Waals surface area contributed by atoms with E-state index in [1.54, 1.807) is 23.1 Å². The molecule has 0 saturated carbocycles. The van der Waals surface area contributed by atoms with Gasteiger partial charge in [-0.15, -0.1) is 23.1 Å². The molecule has 2 bridgehead atoms. The number of para-hydroxylation sites is 1. The molecule has 0 aliphatic carbocycles. The van der Waals surface area contributed by atoms with Gasteiger partial charge in [0.05, 0.1) is 17.5 Å². The van der Waals surface area contributed by atoms with Gasteiger partial charge >= 0.3 is 0 Å². The number of thioether (sulfide) groups is 1. The number of imide groups is 1. The zero-order chi connectivity index (χ0) is 20.5. The van der Waals surface area contributed by atoms with E-state index in [2.05, 4.69) is 18.4 Å². The van der Waals surface area contributed by atoms with Crippen LogP contribution in [0.2, 0.25) is 0 Å². The van der Waals surface area contributed by atoms with Gasteiger partial charge in [0.2, 0.25) is 11.8 Å². The van der Waals surface area contributed by atoms with Crippen LogP contribution in [0.1, 0.15) is 22.9 Å². The van der Waals surface area contributed by atoms with Crippen molar-refractivity contribution in [2.45, 2.75) is 17.5 Å². The molecule has 0 N–H and O–H groups in total. The van der Waals surface area contributed by atoms with Crippen LogP contribution < -0.4 is 4.90 Å². The van der Waals surface area contributed by atoms with Crippen LogP contribution in [-0.4, -0.2) is 17.6 Å². The van der Waals surface area contributed by atoms with Crippen molar-refractivity contribution in [2.75, 3.05) is 10.7 Å². The van der Waals surface area contributed by atoms with Crippen molar-refractivity contribution in [3.63, 3.8) is 0 Å². The number of carbonyl (C=O) groups is 2. The van der Waals surface area contributed by atoms with Gasteiger partial charge in [0.25, 0.3) is 0 Å². The average Bonchev–Trinajstić information content (AvgIpc) is 3.49. The molecule has 6 rings (SSSR count). The first kappa shape index (κ1) is 18.4. The molecule has 2 saturated heterocycles. The monoisotopic (exact) mass is 433 g/mol. The number of carbonyl (C=O) groups excluding carboxylic acids is 2. The van der Waals surface area contributed by atoms with Crippen LogP contribution in [-0.2, 0) is 24.9 Å². The van der Waals surface area contributed by atoms with Gasteiger partial charge in [-0.3, -0.25) is 9.59 Å². The summed E-state index contributed by atoms with van der Waals surface area (Å²) in [4.78, 5) is 29.3. The van der Waals surface area contributed by atoms with Crippen molar-refractivity contribution < 1.29 is 14.3 Å². The third-order valence-corrected chi connectivity index (χ3v) is 8.73. The molecule has 0 spiro atoms. The molecule has 2 aromatic carbocycles. The van der Waals surface area contributed by atoms with Crippen LogP contribution in [0.4, 0.5) is 5.69 Å². The highest BCUT2D eigenvalue weighted by Crippen LogP contribution is 2.73. The van der Waals surface area contributed by atoms with E-state index in [4.69, 9.17) is 4.74 Å². The Bertz CT molecular complexity index is 1160. The van der Waals surface area contributed by atoms with Crippen molar-refractivity contribution in [1.29, 1.82) is 0 Å². The summed E-state index contributed by atoms with van der Waals surface area (Å²) in [5.41, 5.74) is 1.70. The van der Waals surface area contributed by atoms with Crippen molar-refractivity contribution in [3.05, 3.63) is 88.1 Å². The third kappa shape index (κ3) is 2.02. The standard InChI is InChI=1S/C24H19NO3S2/c1-2-30-24-17-13-14-29-20(17)23(28-24,15-9-5-3-6-10-15)18-19(24)22(27)25(21(18)26)16-11-7-4-8-12-16/h3-14,18-19H,2H2,1H3/t18-,19+,23+,24-/m0/s1. The molecule has 150 valence electrons. The van der Waals surface area contributed by atoms with Crippen LogP contribution in [0.3, 0.4) is 0 Å². The second-order valence-electron chi connectivity index (χ2n) is 7.77. The maximum atomic E-state index is 13.9. The normalized spacial score (nSPS) is 31.3. The Balaban J connectivity index is 1.62. The SMILES string of the molecule is CCS[C@@]12O[C@@](c3ccccc3)(c3sccc31)[C@@H]1C(=O)N(c3ccccc3)C(=O)[C@@H]12. The molecule has 3 aliphatic heterocycles. The number of nitrogens with zero attached hydrogens (tertiary/aromatic N) is 1. The van der Waals surface area contributed by atoms with E-state index < -0.39 is 22.4 Å². The smallest absolute Gasteiger partial charge is 0.242 e. The molecule has 1 aromatic heterocycles. The lowest BCUT2D eigenvalue weighted by molar-refractivity contribution is -0.128. The number of amides is 2. The third-order valence-electron chi connectivity index (χ3n) is 6.42. The molecule has 0 radical (unpaired) electrons. The van der Waals surface area contributed by atoms with E-state index in [9.17, 15) is 9.59 Å². The number of ether oxygens (including phenoxy) is 1. The van der Waals surface area contributed by atoms with E-state index in [0.717, 1.165) is 21.8 Å². The van der Waals surface area contributed by atoms with E-state index in [1.165, 1.54) is 4.90 Å². The second-order valence-corrected chi connectivity index (χ2v) is 10.2. The number of fused-ring (bicyclic) bond motifs is 8. The fourth-order valence-electron chi connectivity index (χ4n) is 5.41. The summed E-state index contributed by atoms with van der Waals surface area (Å²) in [6, 6.07) is 21.3. The summed E-state index contributed by atoms with van der Waals surface area (Å²) in [5.74, 6) is -0.657. The number of hydrogen-bond acceptors (Lipinski definition) is 5. The van der Waals surface area contributed by atoms with Gasteiger partial charge in [-0.05, 0) is 34.9 Å². The summed E-state index contributed by atoms with van der Waals surface area (Å²) in [6.45, 7) is 2.07. The van der Waals surface area contributed by atoms with Gasteiger partial charge in [-0.25, -0.2) is 4.90 Å². The lowest BCUT2D eigenvalue weighted by atomic mass is 9.70. The Kier molecular flexibility index (Phi) is 3.85. The van der Waals surface area contributed by atoms with Crippen LogP contribution in [0.15, 0.2) is 72.1 Å². The Morgan fingerprint density at radius 3 is 2.33 bits per heavy atom. The first-order valence-electron chi connectivity index (χ1n) is 10.1. The van der Waals surface area contributed by atoms with Gasteiger partial charge in [-0.1, -0.05) is 55.5 Å². The van der Waals surface area contributed by atoms with Crippen LogP contribution >= 0.6 is 23.1 Å². The largest absolute Gasteiger partial charge is 0.341 e. The zero-order valence-electron chi connectivity index (χ0n) is 16.3. The molecule has 3 aromatic rings. The molecular weight excluding hydrogens is 414 g/mol. The van der Waals surface area contributed by atoms with E-state index >= 15 is 0 Å². The Morgan fingerprint density at radius 1 is 0.967 bits per heavy atom. The molecule has 0 unspecified atom stereocenters. The summed E-state index contributed by atoms with van der Waals surface area (Å²) >= 11 is 3.25. The summed E-state index contributed by atoms with van der Waals surface area (Å²) in [7, 11) is 0. The molecule has 6 heteroatoms. The van der Waals surface area contributed by atoms with Crippen molar-refractivity contribution in [3.8, 4) is 0 Å². The number of thiophene rings is 1. The van der Waals surface area contributed by atoms with Crippen LogP contribution in [0, 0.1) is 11.8 Å². The van der Waals surface area contributed by atoms with Gasteiger partial charge in [-0.2, -0.15) is 0 Å². The number of anilines is 1. The molecule has 30 heavy (non-hydrogen) atoms. The van der Waals surface area contributed by atoms with Gasteiger partial charge in [0.15, 0.2) is 4.93 Å². The molecule has 3 aliphatic rings. The summed E-state index contributed by atoms with van der Waals surface area (Å²) < 4.78 is 6.88. The fraction of sp³-hybridized carbons (Fsp3) is 0.250. The van der Waals surface area contributed by atoms with Gasteiger partial charge < -0.3 is 4.74 Å². The maximum absolute atomic E-state index is 13.9. The van der Waals surface area contributed by atoms with Crippen molar-refractivity contribution >= 4 is 40.6 Å². The Morgan fingerprint density at radius 2 is 1.63 bits per heavy atom. The van der Waals surface area contributed by atoms with E-state index in [1.807, 2.05) is 60.7 Å². The van der Waals surface area contributed by atoms with Crippen LogP contribution in [0.25, 0.3) is 0 Å². The molecule has 4 nitrogen and oxygen atoms in total. The fourth-order valence-corrected chi connectivity index (χ4v) is 7.98. The first-order valence-corrected chi connectivity index (χ1v) is 11.9. The highest BCUT2D eigenvalue weighted by Gasteiger charge is 2.79. The molecule has 2 fully saturated rings. The predicted molar refractivity (Wildman–Crippen MR) is 118 cm³/mol. The van der Waals surface area contributed by atoms with Crippen LogP contribution in [0.5, 0.6) is 0 Å². The minimum atomic E-state index is -0.923. The lowest BCUT2D eigenvalue weighted by Gasteiger charge is -2.31. The Hall–Kier alpha value is -2.41. The van der Waals surface area contributed by atoms with Crippen molar-refractivity contribution in [1.82, 2.24) is 0 Å². The highest BCUT2D eigenvalue weighted by atomic mass is 32.2. The van der Waals surface area contributed by atoms with Gasteiger partial charge in [0.1, 0.15) is 5.60 Å². The summed E-state index contributed by atoms with van der Waals surface area (Å²) in [6.07, 6.45) is 0. The van der Waals surface area contributed by atoms with Gasteiger partial charge in [0, 0.05) is 10.4 Å². The molecule has 4 heterocycles. The minimum Gasteiger partial charge on any atom is -0.341 e. The lowest BCUT2D eigenvalue weighted by Crippen LogP contribution is -2.40. The molecular formula is C24H19NO3S2. The number of hydrogen-bond donors (Lipinski definition) is 0. The Labute approximate surface area is 182 Å². The zero-order valence-corrected chi connectivity index (χ0v) is 17.9. The number of benzene rings is 2. The molecule has 2 amide bonds. The quantitative estimate of drug-likeness (QED) is 0.557. The number of rotatable bonds is 4. The topological polar surface area (TPSA) is 46.6 Å². The highest BCUT2D eigenvalue weighted by molar-refractivity contribution is 8.00. The van der Waals surface area contributed by atoms with Crippen molar-refractivity contribution in [2.24, 2.45) is 11.8 Å².